The highest BCUT2D eigenvalue weighted by Gasteiger charge is 2.32. The zero-order valence-corrected chi connectivity index (χ0v) is 12.0. The van der Waals surface area contributed by atoms with Gasteiger partial charge in [0.25, 0.3) is 0 Å². The number of hydrogen-bond donors (Lipinski definition) is 1. The molecule has 2 N–H and O–H groups in total. The van der Waals surface area contributed by atoms with Crippen molar-refractivity contribution < 1.29 is 4.79 Å². The fourth-order valence-electron chi connectivity index (χ4n) is 3.81. The predicted octanol–water partition coefficient (Wildman–Crippen LogP) is 3.66. The number of benzene rings is 1. The van der Waals surface area contributed by atoms with E-state index in [1.165, 1.54) is 31.3 Å². The van der Waals surface area contributed by atoms with Crippen LogP contribution in [0.15, 0.2) is 35.0 Å². The Morgan fingerprint density at radius 2 is 1.95 bits per heavy atom. The molecule has 1 saturated carbocycles. The maximum atomic E-state index is 11.4. The van der Waals surface area contributed by atoms with E-state index in [2.05, 4.69) is 5.18 Å². The van der Waals surface area contributed by atoms with Gasteiger partial charge in [-0.2, -0.15) is 4.91 Å². The summed E-state index contributed by atoms with van der Waals surface area (Å²) in [6.07, 6.45) is 6.70. The van der Waals surface area contributed by atoms with Gasteiger partial charge in [0.05, 0.1) is 0 Å². The van der Waals surface area contributed by atoms with Crippen LogP contribution in [0.2, 0.25) is 0 Å². The second-order valence-corrected chi connectivity index (χ2v) is 6.03. The lowest BCUT2D eigenvalue weighted by atomic mass is 9.90. The van der Waals surface area contributed by atoms with Gasteiger partial charge in [0.2, 0.25) is 5.91 Å². The van der Waals surface area contributed by atoms with Crippen LogP contribution in [0.5, 0.6) is 0 Å². The largest absolute Gasteiger partial charge is 0.366 e. The molecule has 1 aromatic carbocycles. The lowest BCUT2D eigenvalue weighted by Gasteiger charge is -2.16. The first-order valence-electron chi connectivity index (χ1n) is 7.66. The van der Waals surface area contributed by atoms with E-state index in [4.69, 9.17) is 5.73 Å². The Labute approximate surface area is 124 Å². The fraction of sp³-hybridized carbons (Fsp3) is 0.471. The Kier molecular flexibility index (Phi) is 3.86. The first-order valence-corrected chi connectivity index (χ1v) is 7.66. The Hall–Kier alpha value is -1.97. The first kappa shape index (κ1) is 14.0. The average molecular weight is 284 g/mol. The summed E-state index contributed by atoms with van der Waals surface area (Å²) in [4.78, 5) is 22.6. The van der Waals surface area contributed by atoms with Gasteiger partial charge in [-0.25, -0.2) is 0 Å². The highest BCUT2D eigenvalue weighted by Crippen LogP contribution is 2.44. The van der Waals surface area contributed by atoms with Gasteiger partial charge < -0.3 is 5.73 Å². The molecule has 0 saturated heterocycles. The number of nitrogens with zero attached hydrogens (tertiary/aromatic N) is 1. The summed E-state index contributed by atoms with van der Waals surface area (Å²) in [5, 5.41) is 3.32. The molecule has 21 heavy (non-hydrogen) atoms. The third-order valence-electron chi connectivity index (χ3n) is 4.80. The van der Waals surface area contributed by atoms with E-state index in [1.807, 2.05) is 12.1 Å². The summed E-state index contributed by atoms with van der Waals surface area (Å²) in [6, 6.07) is 7.02. The van der Waals surface area contributed by atoms with Crippen molar-refractivity contribution in [1.29, 1.82) is 0 Å². The number of carbonyl (C=O) groups is 1. The molecule has 0 bridgehead atoms. The highest BCUT2D eigenvalue weighted by molar-refractivity contribution is 5.94. The van der Waals surface area contributed by atoms with Crippen LogP contribution in [0.4, 0.5) is 0 Å². The Morgan fingerprint density at radius 1 is 1.19 bits per heavy atom. The van der Waals surface area contributed by atoms with Gasteiger partial charge in [-0.15, -0.1) is 0 Å². The standard InChI is InChI=1S/C17H20N2O2/c18-17(20)13-7-3-6-12(10-13)16-14(8-9-15(16)19-21)11-4-1-2-5-11/h3,6-7,10-11,15H,1-2,4-5,8-9H2,(H2,18,20). The third kappa shape index (κ3) is 2.62. The number of carbonyl (C=O) groups excluding carboxylic acids is 1. The number of amides is 1. The normalized spacial score (nSPS) is 22.8. The molecule has 1 amide bonds. The van der Waals surface area contributed by atoms with E-state index in [-0.39, 0.29) is 6.04 Å². The van der Waals surface area contributed by atoms with Gasteiger partial charge in [0, 0.05) is 5.56 Å². The molecular weight excluding hydrogens is 264 g/mol. The van der Waals surface area contributed by atoms with Crippen molar-refractivity contribution in [2.24, 2.45) is 16.8 Å². The Morgan fingerprint density at radius 3 is 2.62 bits per heavy atom. The second-order valence-electron chi connectivity index (χ2n) is 6.03. The number of hydrogen-bond acceptors (Lipinski definition) is 3. The minimum Gasteiger partial charge on any atom is -0.366 e. The molecule has 0 radical (unpaired) electrons. The maximum Gasteiger partial charge on any atom is 0.248 e. The summed E-state index contributed by atoms with van der Waals surface area (Å²) < 4.78 is 0. The molecule has 110 valence electrons. The van der Waals surface area contributed by atoms with Gasteiger partial charge in [-0.3, -0.25) is 4.79 Å². The van der Waals surface area contributed by atoms with E-state index in [1.54, 1.807) is 12.1 Å². The Balaban J connectivity index is 2.05. The van der Waals surface area contributed by atoms with Gasteiger partial charge in [-0.1, -0.05) is 35.7 Å². The number of nitrogens with two attached hydrogens (primary N) is 1. The van der Waals surface area contributed by atoms with Crippen LogP contribution in [0.3, 0.4) is 0 Å². The number of nitroso groups, excluding NO2 is 1. The molecule has 0 aromatic heterocycles. The summed E-state index contributed by atoms with van der Waals surface area (Å²) >= 11 is 0. The summed E-state index contributed by atoms with van der Waals surface area (Å²) in [7, 11) is 0. The lowest BCUT2D eigenvalue weighted by Crippen LogP contribution is -2.12. The van der Waals surface area contributed by atoms with Crippen LogP contribution in [-0.4, -0.2) is 11.9 Å². The van der Waals surface area contributed by atoms with Crippen molar-refractivity contribution in [3.63, 3.8) is 0 Å². The van der Waals surface area contributed by atoms with Crippen molar-refractivity contribution in [3.05, 3.63) is 45.9 Å². The molecule has 0 aliphatic heterocycles. The Bertz CT molecular complexity index is 601. The lowest BCUT2D eigenvalue weighted by molar-refractivity contribution is 0.100. The van der Waals surface area contributed by atoms with Crippen molar-refractivity contribution in [1.82, 2.24) is 0 Å². The van der Waals surface area contributed by atoms with Gasteiger partial charge >= 0.3 is 0 Å². The van der Waals surface area contributed by atoms with E-state index in [9.17, 15) is 9.70 Å². The van der Waals surface area contributed by atoms with Crippen LogP contribution in [0.25, 0.3) is 5.57 Å². The van der Waals surface area contributed by atoms with Gasteiger partial charge in [0.1, 0.15) is 6.04 Å². The molecule has 2 aliphatic carbocycles. The molecule has 1 atom stereocenters. The van der Waals surface area contributed by atoms with Crippen molar-refractivity contribution in [2.75, 3.05) is 0 Å². The van der Waals surface area contributed by atoms with E-state index in [0.29, 0.717) is 11.5 Å². The van der Waals surface area contributed by atoms with Crippen molar-refractivity contribution in [3.8, 4) is 0 Å². The smallest absolute Gasteiger partial charge is 0.248 e. The zero-order chi connectivity index (χ0) is 14.8. The molecular formula is C17H20N2O2. The maximum absolute atomic E-state index is 11.4. The topological polar surface area (TPSA) is 72.5 Å². The van der Waals surface area contributed by atoms with Crippen molar-refractivity contribution >= 4 is 11.5 Å². The van der Waals surface area contributed by atoms with Gasteiger partial charge in [0.15, 0.2) is 0 Å². The van der Waals surface area contributed by atoms with Crippen LogP contribution >= 0.6 is 0 Å². The molecule has 1 unspecified atom stereocenters. The van der Waals surface area contributed by atoms with E-state index >= 15 is 0 Å². The zero-order valence-electron chi connectivity index (χ0n) is 12.0. The molecule has 0 heterocycles. The fourth-order valence-corrected chi connectivity index (χ4v) is 3.81. The quantitative estimate of drug-likeness (QED) is 0.857. The molecule has 1 fully saturated rings. The van der Waals surface area contributed by atoms with Crippen LogP contribution in [0.1, 0.15) is 54.4 Å². The SMILES string of the molecule is NC(=O)c1cccc(C2=C(C3CCCC3)CCC2N=O)c1. The number of primary amides is 1. The predicted molar refractivity (Wildman–Crippen MR) is 82.7 cm³/mol. The van der Waals surface area contributed by atoms with Gasteiger partial charge in [-0.05, 0) is 54.9 Å². The minimum atomic E-state index is -0.437. The van der Waals surface area contributed by atoms with E-state index in [0.717, 1.165) is 24.0 Å². The molecule has 3 rings (SSSR count). The average Bonchev–Trinajstić information content (AvgIpc) is 3.15. The van der Waals surface area contributed by atoms with Crippen LogP contribution in [-0.2, 0) is 0 Å². The van der Waals surface area contributed by atoms with Crippen LogP contribution in [0, 0.1) is 10.8 Å². The number of allylic oxidation sites excluding steroid dienone is 1. The monoisotopic (exact) mass is 284 g/mol. The molecule has 2 aliphatic rings. The summed E-state index contributed by atoms with van der Waals surface area (Å²) in [6.45, 7) is 0. The molecule has 4 heteroatoms. The second kappa shape index (κ2) is 5.80. The minimum absolute atomic E-state index is 0.274. The summed E-state index contributed by atoms with van der Waals surface area (Å²) in [5.41, 5.74) is 9.24. The van der Waals surface area contributed by atoms with Crippen LogP contribution < -0.4 is 5.73 Å². The van der Waals surface area contributed by atoms with Crippen molar-refractivity contribution in [2.45, 2.75) is 44.6 Å². The highest BCUT2D eigenvalue weighted by atomic mass is 16.3. The third-order valence-corrected chi connectivity index (χ3v) is 4.80. The molecule has 0 spiro atoms. The first-order chi connectivity index (χ1) is 10.2. The molecule has 4 nitrogen and oxygen atoms in total. The van der Waals surface area contributed by atoms with E-state index < -0.39 is 5.91 Å². The molecule has 1 aromatic rings. The summed E-state index contributed by atoms with van der Waals surface area (Å²) in [5.74, 6) is 0.150. The number of rotatable bonds is 4.